The fraction of sp³-hybridized carbons (Fsp3) is 0.667. The average Bonchev–Trinajstić information content (AvgIpc) is 3.83. The highest BCUT2D eigenvalue weighted by molar-refractivity contribution is 5.32. The van der Waals surface area contributed by atoms with E-state index in [1.54, 1.807) is 5.57 Å². The molecule has 246 valence electrons. The van der Waals surface area contributed by atoms with Gasteiger partial charge in [0.2, 0.25) is 0 Å². The van der Waals surface area contributed by atoms with Gasteiger partial charge in [-0.25, -0.2) is 0 Å². The van der Waals surface area contributed by atoms with E-state index in [9.17, 15) is 0 Å². The highest BCUT2D eigenvalue weighted by Crippen LogP contribution is 2.30. The van der Waals surface area contributed by atoms with Crippen molar-refractivity contribution in [3.8, 4) is 0 Å². The van der Waals surface area contributed by atoms with Crippen molar-refractivity contribution in [1.82, 2.24) is 0 Å². The zero-order valence-corrected chi connectivity index (χ0v) is 31.9. The number of hydrogen-bond acceptors (Lipinski definition) is 0. The summed E-state index contributed by atoms with van der Waals surface area (Å²) < 4.78 is 0. The van der Waals surface area contributed by atoms with Gasteiger partial charge >= 0.3 is 0 Å². The summed E-state index contributed by atoms with van der Waals surface area (Å²) in [5.74, 6) is 4.12. The van der Waals surface area contributed by atoms with Gasteiger partial charge in [0.1, 0.15) is 0 Å². The van der Waals surface area contributed by atoms with Crippen LogP contribution >= 0.6 is 0 Å². The molecule has 0 saturated heterocycles. The highest BCUT2D eigenvalue weighted by atomic mass is 14.2. The minimum atomic E-state index is 0.659. The summed E-state index contributed by atoms with van der Waals surface area (Å²) in [6.07, 6.45) is 19.5. The molecule has 3 aliphatic rings. The molecule has 0 amide bonds. The van der Waals surface area contributed by atoms with E-state index in [-0.39, 0.29) is 0 Å². The molecular formula is C42H78. The lowest BCUT2D eigenvalue weighted by molar-refractivity contribution is 0.396. The summed E-state index contributed by atoms with van der Waals surface area (Å²) in [4.78, 5) is 0. The van der Waals surface area contributed by atoms with Crippen molar-refractivity contribution in [2.75, 3.05) is 0 Å². The molecule has 3 aliphatic carbocycles. The molecular weight excluding hydrogens is 504 g/mol. The Morgan fingerprint density at radius 3 is 1.33 bits per heavy atom. The van der Waals surface area contributed by atoms with Crippen LogP contribution in [-0.4, -0.2) is 0 Å². The molecule has 0 heteroatoms. The van der Waals surface area contributed by atoms with E-state index in [1.807, 2.05) is 61.5 Å². The van der Waals surface area contributed by atoms with Crippen molar-refractivity contribution in [3.05, 3.63) is 83.0 Å². The minimum absolute atomic E-state index is 0.659. The molecule has 1 aromatic rings. The molecule has 42 heavy (non-hydrogen) atoms. The lowest BCUT2D eigenvalue weighted by Crippen LogP contribution is -2.01. The summed E-state index contributed by atoms with van der Waals surface area (Å²) in [7, 11) is 0. The maximum Gasteiger partial charge on any atom is -0.0130 e. The third-order valence-electron chi connectivity index (χ3n) is 7.09. The molecule has 0 radical (unpaired) electrons. The predicted octanol–water partition coefficient (Wildman–Crippen LogP) is 15.2. The highest BCUT2D eigenvalue weighted by Gasteiger charge is 2.17. The summed E-state index contributed by atoms with van der Waals surface area (Å²) in [5.41, 5.74) is 5.98. The SMILES string of the molecule is CC.CC.CC.CC.CC(C)C1=CC=CC1.CC(C)C1CCCC1.CC(C)c1ccccc1.CC1=CC(C(C)C)=CC1. The van der Waals surface area contributed by atoms with Gasteiger partial charge in [-0.1, -0.05) is 208 Å². The number of benzene rings is 1. The van der Waals surface area contributed by atoms with Crippen molar-refractivity contribution in [2.24, 2.45) is 23.7 Å². The molecule has 0 bridgehead atoms. The maximum absolute atomic E-state index is 2.34. The normalized spacial score (nSPS) is 14.4. The van der Waals surface area contributed by atoms with Crippen LogP contribution in [0.15, 0.2) is 77.4 Å². The van der Waals surface area contributed by atoms with Crippen molar-refractivity contribution in [3.63, 3.8) is 0 Å². The van der Waals surface area contributed by atoms with Gasteiger partial charge in [-0.3, -0.25) is 0 Å². The first-order valence-electron chi connectivity index (χ1n) is 17.9. The summed E-state index contributed by atoms with van der Waals surface area (Å²) in [5, 5.41) is 0. The van der Waals surface area contributed by atoms with Crippen LogP contribution in [0.2, 0.25) is 0 Å². The van der Waals surface area contributed by atoms with Crippen molar-refractivity contribution in [2.45, 2.75) is 162 Å². The van der Waals surface area contributed by atoms with E-state index >= 15 is 0 Å². The first kappa shape index (κ1) is 47.1. The molecule has 1 aromatic carbocycles. The monoisotopic (exact) mass is 583 g/mol. The van der Waals surface area contributed by atoms with E-state index < -0.39 is 0 Å². The van der Waals surface area contributed by atoms with Gasteiger partial charge in [0.05, 0.1) is 0 Å². The van der Waals surface area contributed by atoms with Gasteiger partial charge in [0.15, 0.2) is 0 Å². The zero-order valence-electron chi connectivity index (χ0n) is 31.9. The first-order chi connectivity index (χ1) is 20.1. The Hall–Kier alpha value is -1.82. The summed E-state index contributed by atoms with van der Waals surface area (Å²) >= 11 is 0. The van der Waals surface area contributed by atoms with Crippen molar-refractivity contribution in [1.29, 1.82) is 0 Å². The van der Waals surface area contributed by atoms with E-state index in [4.69, 9.17) is 0 Å². The fourth-order valence-electron chi connectivity index (χ4n) is 4.44. The second-order valence-corrected chi connectivity index (χ2v) is 11.4. The topological polar surface area (TPSA) is 0 Å². The van der Waals surface area contributed by atoms with Crippen LogP contribution in [0.4, 0.5) is 0 Å². The molecule has 1 saturated carbocycles. The molecule has 0 atom stereocenters. The van der Waals surface area contributed by atoms with Crippen LogP contribution in [0.3, 0.4) is 0 Å². The Morgan fingerprint density at radius 1 is 0.619 bits per heavy atom. The molecule has 0 N–H and O–H groups in total. The molecule has 0 aliphatic heterocycles. The quantitative estimate of drug-likeness (QED) is 0.331. The smallest absolute Gasteiger partial charge is 0.0130 e. The van der Waals surface area contributed by atoms with Crippen LogP contribution < -0.4 is 0 Å². The number of rotatable bonds is 4. The molecule has 0 spiro atoms. The third-order valence-corrected chi connectivity index (χ3v) is 7.09. The van der Waals surface area contributed by atoms with Crippen molar-refractivity contribution >= 4 is 0 Å². The Bertz CT molecular complexity index is 775. The maximum atomic E-state index is 2.34. The van der Waals surface area contributed by atoms with Crippen LogP contribution in [-0.2, 0) is 0 Å². The van der Waals surface area contributed by atoms with E-state index in [1.165, 1.54) is 55.2 Å². The van der Waals surface area contributed by atoms with Gasteiger partial charge in [-0.2, -0.15) is 0 Å². The van der Waals surface area contributed by atoms with Gasteiger partial charge in [0, 0.05) is 0 Å². The zero-order chi connectivity index (χ0) is 33.5. The Morgan fingerprint density at radius 2 is 1.12 bits per heavy atom. The lowest BCUT2D eigenvalue weighted by atomic mass is 9.95. The molecule has 0 unspecified atom stereocenters. The molecule has 4 rings (SSSR count). The van der Waals surface area contributed by atoms with Crippen molar-refractivity contribution < 1.29 is 0 Å². The fourth-order valence-corrected chi connectivity index (χ4v) is 4.44. The van der Waals surface area contributed by atoms with Gasteiger partial charge < -0.3 is 0 Å². The predicted molar refractivity (Wildman–Crippen MR) is 201 cm³/mol. The average molecular weight is 583 g/mol. The Balaban J connectivity index is -0.000000212. The second kappa shape index (κ2) is 33.7. The number of hydrogen-bond donors (Lipinski definition) is 0. The van der Waals surface area contributed by atoms with Gasteiger partial charge in [-0.15, -0.1) is 0 Å². The van der Waals surface area contributed by atoms with Gasteiger partial charge in [-0.05, 0) is 60.5 Å². The van der Waals surface area contributed by atoms with Crippen LogP contribution in [0.5, 0.6) is 0 Å². The van der Waals surface area contributed by atoms with Crippen LogP contribution in [0.1, 0.15) is 168 Å². The second-order valence-electron chi connectivity index (χ2n) is 11.4. The molecule has 0 aromatic heterocycles. The molecule has 0 heterocycles. The largest absolute Gasteiger partial charge is 0.0805 e. The first-order valence-corrected chi connectivity index (χ1v) is 17.9. The van der Waals surface area contributed by atoms with Crippen LogP contribution in [0.25, 0.3) is 0 Å². The van der Waals surface area contributed by atoms with E-state index in [2.05, 4.69) is 117 Å². The van der Waals surface area contributed by atoms with E-state index in [0.29, 0.717) is 11.8 Å². The third kappa shape index (κ3) is 25.9. The number of allylic oxidation sites excluding steroid dienone is 8. The van der Waals surface area contributed by atoms with E-state index in [0.717, 1.165) is 17.8 Å². The molecule has 0 nitrogen and oxygen atoms in total. The lowest BCUT2D eigenvalue weighted by Gasteiger charge is -2.11. The summed E-state index contributed by atoms with van der Waals surface area (Å²) in [6, 6.07) is 10.5. The molecule has 1 fully saturated rings. The Labute approximate surface area is 268 Å². The van der Waals surface area contributed by atoms with Crippen LogP contribution in [0, 0.1) is 23.7 Å². The Kier molecular flexibility index (Phi) is 37.8. The summed E-state index contributed by atoms with van der Waals surface area (Å²) in [6.45, 7) is 36.2. The minimum Gasteiger partial charge on any atom is -0.0805 e. The standard InChI is InChI=1S/C9H14.C9H12.C8H16.C8H12.4C2H6/c1-7(2)9-5-4-8(3)6-9;1-8(2)9-6-4-3-5-7-9;2*1-7(2)8-5-3-4-6-8;4*1-2/h5-7H,4H2,1-3H3;3-8H,1-2H3;7-8H,3-6H2,1-2H3;3-5,7H,6H2,1-2H3;4*1-2H3. The van der Waals surface area contributed by atoms with Gasteiger partial charge in [0.25, 0.3) is 0 Å².